The zero-order chi connectivity index (χ0) is 15.2. The number of hydrogen-bond donors (Lipinski definition) is 1. The van der Waals surface area contributed by atoms with Crippen molar-refractivity contribution in [1.82, 2.24) is 0 Å². The van der Waals surface area contributed by atoms with Crippen molar-refractivity contribution in [3.63, 3.8) is 0 Å². The van der Waals surface area contributed by atoms with E-state index in [0.29, 0.717) is 5.57 Å². The molecule has 0 bridgehead atoms. The third-order valence-electron chi connectivity index (χ3n) is 3.29. The Hall–Kier alpha value is -2.55. The second-order valence-electron chi connectivity index (χ2n) is 4.87. The lowest BCUT2D eigenvalue weighted by atomic mass is 9.99. The highest BCUT2D eigenvalue weighted by Gasteiger charge is 2.21. The molecule has 1 N–H and O–H groups in total. The number of nitrogens with one attached hydrogen (secondary N) is 1. The molecule has 1 atom stereocenters. The van der Waals surface area contributed by atoms with Crippen LogP contribution in [0.5, 0.6) is 0 Å². The van der Waals surface area contributed by atoms with E-state index in [1.54, 1.807) is 0 Å². The van der Waals surface area contributed by atoms with Gasteiger partial charge in [0.2, 0.25) is 0 Å². The maximum absolute atomic E-state index is 11.8. The average Bonchev–Trinajstić information content (AvgIpc) is 2.53. The Kier molecular flexibility index (Phi) is 4.77. The van der Waals surface area contributed by atoms with Gasteiger partial charge in [-0.25, -0.2) is 4.79 Å². The fourth-order valence-electron chi connectivity index (χ4n) is 2.08. The van der Waals surface area contributed by atoms with Crippen LogP contribution < -0.4 is 5.32 Å². The van der Waals surface area contributed by atoms with E-state index in [1.165, 1.54) is 12.7 Å². The van der Waals surface area contributed by atoms with Crippen molar-refractivity contribution in [1.29, 1.82) is 0 Å². The largest absolute Gasteiger partial charge is 0.466 e. The zero-order valence-corrected chi connectivity index (χ0v) is 12.3. The quantitative estimate of drug-likeness (QED) is 0.667. The molecular weight excluding hydrogens is 262 g/mol. The highest BCUT2D eigenvalue weighted by Crippen LogP contribution is 2.26. The molecule has 0 saturated heterocycles. The molecular formula is C18H19NO2. The highest BCUT2D eigenvalue weighted by atomic mass is 16.5. The molecule has 0 aliphatic carbocycles. The van der Waals surface area contributed by atoms with Crippen molar-refractivity contribution >= 4 is 11.7 Å². The SMILES string of the molecule is C=C(C(=O)OC)[C@H](Nc1ccc(C)cc1)c1ccccc1. The van der Waals surface area contributed by atoms with Gasteiger partial charge in [-0.15, -0.1) is 0 Å². The van der Waals surface area contributed by atoms with Crippen LogP contribution in [0.25, 0.3) is 0 Å². The summed E-state index contributed by atoms with van der Waals surface area (Å²) in [5.74, 6) is -0.413. The third kappa shape index (κ3) is 3.72. The summed E-state index contributed by atoms with van der Waals surface area (Å²) in [6.45, 7) is 5.91. The standard InChI is InChI=1S/C18H19NO2/c1-13-9-11-16(12-10-13)19-17(14(2)18(20)21-3)15-7-5-4-6-8-15/h4-12,17,19H,2H2,1,3H3/t17-/m0/s1. The van der Waals surface area contributed by atoms with E-state index in [-0.39, 0.29) is 6.04 Å². The lowest BCUT2D eigenvalue weighted by molar-refractivity contribution is -0.136. The first-order valence-electron chi connectivity index (χ1n) is 6.77. The molecule has 3 nitrogen and oxygen atoms in total. The van der Waals surface area contributed by atoms with E-state index < -0.39 is 5.97 Å². The van der Waals surface area contributed by atoms with Crippen molar-refractivity contribution in [2.45, 2.75) is 13.0 Å². The van der Waals surface area contributed by atoms with Gasteiger partial charge in [-0.1, -0.05) is 54.6 Å². The second kappa shape index (κ2) is 6.75. The van der Waals surface area contributed by atoms with Crippen LogP contribution in [0.1, 0.15) is 17.2 Å². The first-order chi connectivity index (χ1) is 10.1. The monoisotopic (exact) mass is 281 g/mol. The van der Waals surface area contributed by atoms with Gasteiger partial charge in [0.25, 0.3) is 0 Å². The zero-order valence-electron chi connectivity index (χ0n) is 12.3. The minimum absolute atomic E-state index is 0.318. The van der Waals surface area contributed by atoms with Crippen LogP contribution in [0.4, 0.5) is 5.69 Å². The van der Waals surface area contributed by atoms with Crippen LogP contribution in [0, 0.1) is 6.92 Å². The number of rotatable bonds is 5. The van der Waals surface area contributed by atoms with Crippen LogP contribution in [-0.4, -0.2) is 13.1 Å². The first-order valence-corrected chi connectivity index (χ1v) is 6.77. The minimum Gasteiger partial charge on any atom is -0.466 e. The number of ether oxygens (including phenoxy) is 1. The van der Waals surface area contributed by atoms with Crippen molar-refractivity contribution < 1.29 is 9.53 Å². The predicted molar refractivity (Wildman–Crippen MR) is 85.1 cm³/mol. The van der Waals surface area contributed by atoms with Gasteiger partial charge >= 0.3 is 5.97 Å². The van der Waals surface area contributed by atoms with E-state index in [9.17, 15) is 4.79 Å². The molecule has 3 heteroatoms. The highest BCUT2D eigenvalue weighted by molar-refractivity contribution is 5.90. The Morgan fingerprint density at radius 1 is 1.10 bits per heavy atom. The van der Waals surface area contributed by atoms with Crippen LogP contribution >= 0.6 is 0 Å². The third-order valence-corrected chi connectivity index (χ3v) is 3.29. The Balaban J connectivity index is 2.30. The van der Waals surface area contributed by atoms with Gasteiger partial charge in [-0.2, -0.15) is 0 Å². The molecule has 0 aromatic heterocycles. The van der Waals surface area contributed by atoms with Crippen molar-refractivity contribution in [3.05, 3.63) is 77.9 Å². The summed E-state index contributed by atoms with van der Waals surface area (Å²) in [6.07, 6.45) is 0. The Labute approximate surface area is 125 Å². The number of carbonyl (C=O) groups excluding carboxylic acids is 1. The number of esters is 1. The molecule has 0 fully saturated rings. The van der Waals surface area contributed by atoms with Crippen LogP contribution in [0.2, 0.25) is 0 Å². The summed E-state index contributed by atoms with van der Waals surface area (Å²) in [6, 6.07) is 17.4. The van der Waals surface area contributed by atoms with Gasteiger partial charge in [0.1, 0.15) is 0 Å². The smallest absolute Gasteiger partial charge is 0.335 e. The molecule has 0 radical (unpaired) electrons. The van der Waals surface area contributed by atoms with E-state index in [2.05, 4.69) is 11.9 Å². The fourth-order valence-corrected chi connectivity index (χ4v) is 2.08. The lowest BCUT2D eigenvalue weighted by Crippen LogP contribution is -2.19. The van der Waals surface area contributed by atoms with E-state index in [0.717, 1.165) is 11.3 Å². The number of aryl methyl sites for hydroxylation is 1. The van der Waals surface area contributed by atoms with Crippen molar-refractivity contribution in [3.8, 4) is 0 Å². The van der Waals surface area contributed by atoms with Crippen molar-refractivity contribution in [2.75, 3.05) is 12.4 Å². The molecule has 0 amide bonds. The van der Waals surface area contributed by atoms with Gasteiger partial charge in [0, 0.05) is 5.69 Å². The molecule has 0 aliphatic heterocycles. The Morgan fingerprint density at radius 3 is 2.29 bits per heavy atom. The maximum Gasteiger partial charge on any atom is 0.335 e. The summed E-state index contributed by atoms with van der Waals surface area (Å²) < 4.78 is 4.79. The first kappa shape index (κ1) is 14.9. The number of benzene rings is 2. The second-order valence-corrected chi connectivity index (χ2v) is 4.87. The molecule has 2 aromatic rings. The van der Waals surface area contributed by atoms with Gasteiger partial charge in [-0.3, -0.25) is 0 Å². The minimum atomic E-state index is -0.413. The molecule has 21 heavy (non-hydrogen) atoms. The summed E-state index contributed by atoms with van der Waals surface area (Å²) in [5, 5.41) is 3.34. The van der Waals surface area contributed by atoms with E-state index in [4.69, 9.17) is 4.74 Å². The topological polar surface area (TPSA) is 38.3 Å². The van der Waals surface area contributed by atoms with Crippen molar-refractivity contribution in [2.24, 2.45) is 0 Å². The van der Waals surface area contributed by atoms with Crippen LogP contribution in [0.15, 0.2) is 66.7 Å². The summed E-state index contributed by atoms with van der Waals surface area (Å²) in [5.41, 5.74) is 3.46. The number of carbonyl (C=O) groups is 1. The summed E-state index contributed by atoms with van der Waals surface area (Å²) >= 11 is 0. The Morgan fingerprint density at radius 2 is 1.71 bits per heavy atom. The van der Waals surface area contributed by atoms with Crippen LogP contribution in [-0.2, 0) is 9.53 Å². The predicted octanol–water partition coefficient (Wildman–Crippen LogP) is 3.88. The molecule has 2 aromatic carbocycles. The van der Waals surface area contributed by atoms with Crippen LogP contribution in [0.3, 0.4) is 0 Å². The summed E-state index contributed by atoms with van der Waals surface area (Å²) in [7, 11) is 1.36. The number of methoxy groups -OCH3 is 1. The number of anilines is 1. The maximum atomic E-state index is 11.8. The Bertz CT molecular complexity index is 617. The van der Waals surface area contributed by atoms with Gasteiger partial charge in [0.15, 0.2) is 0 Å². The molecule has 0 unspecified atom stereocenters. The molecule has 0 heterocycles. The molecule has 0 spiro atoms. The fraction of sp³-hybridized carbons (Fsp3) is 0.167. The molecule has 2 rings (SSSR count). The lowest BCUT2D eigenvalue weighted by Gasteiger charge is -2.21. The van der Waals surface area contributed by atoms with Gasteiger partial charge in [0.05, 0.1) is 18.7 Å². The van der Waals surface area contributed by atoms with E-state index >= 15 is 0 Å². The normalized spacial score (nSPS) is 11.5. The van der Waals surface area contributed by atoms with E-state index in [1.807, 2.05) is 61.5 Å². The van der Waals surface area contributed by atoms with Gasteiger partial charge in [-0.05, 0) is 24.6 Å². The number of hydrogen-bond acceptors (Lipinski definition) is 3. The van der Waals surface area contributed by atoms with Gasteiger partial charge < -0.3 is 10.1 Å². The molecule has 0 saturated carbocycles. The summed E-state index contributed by atoms with van der Waals surface area (Å²) in [4.78, 5) is 11.8. The average molecular weight is 281 g/mol. The molecule has 0 aliphatic rings. The molecule has 108 valence electrons.